The fourth-order valence-corrected chi connectivity index (χ4v) is 5.17. The molecule has 4 rings (SSSR count). The average Bonchev–Trinajstić information content (AvgIpc) is 2.74. The lowest BCUT2D eigenvalue weighted by Gasteiger charge is -2.43. The standard InChI is InChI=1S/C22H21N3O4S/c23-8-14-2-1-3-16(6-14)18-4-5-19(26)25-10-15-7-17(22(18)25)11-24(9-15)20(27)12-30-13-21(28)29/h1-6,15,17H,7,9-13H2,(H,28,29)/t15-,17-/m0/s1. The van der Waals surface area contributed by atoms with Crippen molar-refractivity contribution >= 4 is 23.6 Å². The summed E-state index contributed by atoms with van der Waals surface area (Å²) in [7, 11) is 0. The number of nitrogens with zero attached hydrogens (tertiary/aromatic N) is 3. The number of fused-ring (bicyclic) bond motifs is 4. The normalized spacial score (nSPS) is 19.6. The second kappa shape index (κ2) is 8.36. The summed E-state index contributed by atoms with van der Waals surface area (Å²) in [6.45, 7) is 1.66. The second-order valence-corrected chi connectivity index (χ2v) is 8.74. The predicted octanol–water partition coefficient (Wildman–Crippen LogP) is 2.15. The van der Waals surface area contributed by atoms with E-state index in [1.165, 1.54) is 0 Å². The first-order chi connectivity index (χ1) is 14.5. The Morgan fingerprint density at radius 3 is 2.77 bits per heavy atom. The minimum absolute atomic E-state index is 0.0283. The maximum absolute atomic E-state index is 12.6. The molecule has 0 saturated carbocycles. The molecule has 30 heavy (non-hydrogen) atoms. The van der Waals surface area contributed by atoms with Crippen molar-refractivity contribution in [3.05, 3.63) is 58.0 Å². The third kappa shape index (κ3) is 3.98. The zero-order chi connectivity index (χ0) is 21.3. The van der Waals surface area contributed by atoms with Crippen LogP contribution in [0.4, 0.5) is 0 Å². The Labute approximate surface area is 177 Å². The minimum Gasteiger partial charge on any atom is -0.481 e. The monoisotopic (exact) mass is 423 g/mol. The molecule has 8 heteroatoms. The molecule has 1 N–H and O–H groups in total. The number of rotatable bonds is 5. The molecule has 0 spiro atoms. The van der Waals surface area contributed by atoms with Crippen molar-refractivity contribution in [2.24, 2.45) is 5.92 Å². The number of carbonyl (C=O) groups is 2. The lowest BCUT2D eigenvalue weighted by Crippen LogP contribution is -2.49. The summed E-state index contributed by atoms with van der Waals surface area (Å²) < 4.78 is 1.83. The highest BCUT2D eigenvalue weighted by Gasteiger charge is 2.37. The van der Waals surface area contributed by atoms with Gasteiger partial charge in [0.25, 0.3) is 5.56 Å². The maximum Gasteiger partial charge on any atom is 0.313 e. The Morgan fingerprint density at radius 1 is 1.17 bits per heavy atom. The molecule has 2 atom stereocenters. The number of aliphatic carboxylic acids is 1. The van der Waals surface area contributed by atoms with Crippen molar-refractivity contribution in [1.82, 2.24) is 9.47 Å². The van der Waals surface area contributed by atoms with Crippen LogP contribution in [0, 0.1) is 17.2 Å². The van der Waals surface area contributed by atoms with Gasteiger partial charge in [0, 0.05) is 42.9 Å². The summed E-state index contributed by atoms with van der Waals surface area (Å²) in [6.07, 6.45) is 0.903. The molecule has 1 fully saturated rings. The van der Waals surface area contributed by atoms with Crippen molar-refractivity contribution in [3.8, 4) is 17.2 Å². The van der Waals surface area contributed by atoms with Crippen LogP contribution in [0.2, 0.25) is 0 Å². The van der Waals surface area contributed by atoms with Gasteiger partial charge in [-0.1, -0.05) is 12.1 Å². The molecule has 1 saturated heterocycles. The molecule has 154 valence electrons. The zero-order valence-corrected chi connectivity index (χ0v) is 17.1. The molecule has 0 radical (unpaired) electrons. The van der Waals surface area contributed by atoms with Gasteiger partial charge < -0.3 is 14.6 Å². The highest BCUT2D eigenvalue weighted by atomic mass is 32.2. The van der Waals surface area contributed by atoms with E-state index in [1.54, 1.807) is 12.1 Å². The number of amides is 1. The van der Waals surface area contributed by atoms with Gasteiger partial charge in [-0.05, 0) is 36.1 Å². The molecule has 2 bridgehead atoms. The number of carboxylic acid groups (broad SMARTS) is 1. The van der Waals surface area contributed by atoms with Gasteiger partial charge in [-0.25, -0.2) is 0 Å². The molecule has 3 heterocycles. The molecule has 1 aromatic carbocycles. The molecule has 0 unspecified atom stereocenters. The van der Waals surface area contributed by atoms with Crippen LogP contribution in [0.25, 0.3) is 11.1 Å². The zero-order valence-electron chi connectivity index (χ0n) is 16.3. The van der Waals surface area contributed by atoms with E-state index in [2.05, 4.69) is 6.07 Å². The first-order valence-corrected chi connectivity index (χ1v) is 10.9. The Morgan fingerprint density at radius 2 is 2.00 bits per heavy atom. The predicted molar refractivity (Wildman–Crippen MR) is 113 cm³/mol. The number of benzene rings is 1. The van der Waals surface area contributed by atoms with Crippen molar-refractivity contribution < 1.29 is 14.7 Å². The van der Waals surface area contributed by atoms with Crippen molar-refractivity contribution in [3.63, 3.8) is 0 Å². The molecule has 1 aromatic heterocycles. The minimum atomic E-state index is -0.930. The first-order valence-electron chi connectivity index (χ1n) is 9.78. The molecule has 7 nitrogen and oxygen atoms in total. The number of thioether (sulfide) groups is 1. The first kappa shape index (κ1) is 20.2. The molecule has 2 aliphatic rings. The Bertz CT molecular complexity index is 1100. The number of hydrogen-bond donors (Lipinski definition) is 1. The van der Waals surface area contributed by atoms with Gasteiger partial charge in [0.15, 0.2) is 0 Å². The third-order valence-electron chi connectivity index (χ3n) is 5.70. The topological polar surface area (TPSA) is 103 Å². The highest BCUT2D eigenvalue weighted by Crippen LogP contribution is 2.40. The lowest BCUT2D eigenvalue weighted by molar-refractivity contribution is -0.133. The summed E-state index contributed by atoms with van der Waals surface area (Å²) in [5.74, 6) is -0.714. The summed E-state index contributed by atoms with van der Waals surface area (Å²) in [4.78, 5) is 37.7. The van der Waals surface area contributed by atoms with Crippen LogP contribution >= 0.6 is 11.8 Å². The van der Waals surface area contributed by atoms with E-state index >= 15 is 0 Å². The van der Waals surface area contributed by atoms with E-state index in [0.717, 1.165) is 35.0 Å². The Hall–Kier alpha value is -3.05. The van der Waals surface area contributed by atoms with E-state index < -0.39 is 5.97 Å². The average molecular weight is 423 g/mol. The smallest absolute Gasteiger partial charge is 0.313 e. The third-order valence-corrected chi connectivity index (χ3v) is 6.60. The SMILES string of the molecule is N#Cc1cccc(-c2ccc(=O)n3c2[C@H]2C[C@@H](CN(C(=O)CSCC(=O)O)C2)C3)c1. The van der Waals surface area contributed by atoms with Crippen LogP contribution < -0.4 is 5.56 Å². The highest BCUT2D eigenvalue weighted by molar-refractivity contribution is 8.00. The van der Waals surface area contributed by atoms with Crippen LogP contribution in [0.5, 0.6) is 0 Å². The van der Waals surface area contributed by atoms with Crippen LogP contribution in [-0.2, 0) is 16.1 Å². The van der Waals surface area contributed by atoms with Gasteiger partial charge >= 0.3 is 5.97 Å². The van der Waals surface area contributed by atoms with Gasteiger partial charge in [-0.2, -0.15) is 5.26 Å². The van der Waals surface area contributed by atoms with Crippen molar-refractivity contribution in [2.45, 2.75) is 18.9 Å². The van der Waals surface area contributed by atoms with Gasteiger partial charge in [-0.15, -0.1) is 11.8 Å². The molecule has 2 aromatic rings. The van der Waals surface area contributed by atoms with Gasteiger partial charge in [0.1, 0.15) is 0 Å². The number of carboxylic acids is 1. The van der Waals surface area contributed by atoms with Gasteiger partial charge in [0.05, 0.1) is 23.1 Å². The van der Waals surface area contributed by atoms with E-state index in [1.807, 2.05) is 33.7 Å². The van der Waals surface area contributed by atoms with E-state index in [0.29, 0.717) is 25.2 Å². The van der Waals surface area contributed by atoms with Gasteiger partial charge in [-0.3, -0.25) is 14.4 Å². The Kier molecular flexibility index (Phi) is 5.64. The van der Waals surface area contributed by atoms with Gasteiger partial charge in [0.2, 0.25) is 5.91 Å². The van der Waals surface area contributed by atoms with Crippen LogP contribution in [0.3, 0.4) is 0 Å². The Balaban J connectivity index is 1.65. The maximum atomic E-state index is 12.6. The number of aromatic nitrogens is 1. The van der Waals surface area contributed by atoms with Crippen LogP contribution in [0.15, 0.2) is 41.2 Å². The quantitative estimate of drug-likeness (QED) is 0.790. The van der Waals surface area contributed by atoms with E-state index in [9.17, 15) is 19.6 Å². The van der Waals surface area contributed by atoms with E-state index in [4.69, 9.17) is 5.11 Å². The number of piperidine rings is 1. The summed E-state index contributed by atoms with van der Waals surface area (Å²) >= 11 is 1.11. The number of nitriles is 1. The molecule has 1 amide bonds. The summed E-state index contributed by atoms with van der Waals surface area (Å²) in [6, 6.07) is 12.9. The van der Waals surface area contributed by atoms with Crippen LogP contribution in [-0.4, -0.2) is 51.0 Å². The van der Waals surface area contributed by atoms with Crippen LogP contribution in [0.1, 0.15) is 23.6 Å². The number of carbonyl (C=O) groups excluding carboxylic acids is 1. The molecular weight excluding hydrogens is 402 g/mol. The fourth-order valence-electron chi connectivity index (χ4n) is 4.54. The lowest BCUT2D eigenvalue weighted by atomic mass is 9.80. The molecule has 0 aliphatic carbocycles. The molecular formula is C22H21N3O4S. The number of hydrogen-bond acceptors (Lipinski definition) is 5. The van der Waals surface area contributed by atoms with Crippen molar-refractivity contribution in [2.75, 3.05) is 24.6 Å². The summed E-state index contributed by atoms with van der Waals surface area (Å²) in [5.41, 5.74) is 3.24. The largest absolute Gasteiger partial charge is 0.481 e. The fraction of sp³-hybridized carbons (Fsp3) is 0.364. The van der Waals surface area contributed by atoms with Crippen molar-refractivity contribution in [1.29, 1.82) is 5.26 Å². The molecule has 2 aliphatic heterocycles. The number of pyridine rings is 1. The summed E-state index contributed by atoms with van der Waals surface area (Å²) in [5, 5.41) is 18.0. The number of likely N-dealkylation sites (tertiary alicyclic amines) is 1. The second-order valence-electron chi connectivity index (χ2n) is 7.76. The van der Waals surface area contributed by atoms with E-state index in [-0.39, 0.29) is 34.8 Å².